The van der Waals surface area contributed by atoms with Crippen LogP contribution in [-0.4, -0.2) is 30.3 Å². The van der Waals surface area contributed by atoms with Gasteiger partial charge in [-0.2, -0.15) is 0 Å². The van der Waals surface area contributed by atoms with Gasteiger partial charge in [0.1, 0.15) is 11.9 Å². The molecule has 0 aliphatic rings. The van der Waals surface area contributed by atoms with Gasteiger partial charge in [-0.25, -0.2) is 0 Å². The predicted molar refractivity (Wildman–Crippen MR) is 89.0 cm³/mol. The van der Waals surface area contributed by atoms with Crippen molar-refractivity contribution in [3.05, 3.63) is 65.7 Å². The van der Waals surface area contributed by atoms with Gasteiger partial charge < -0.3 is 20.9 Å². The van der Waals surface area contributed by atoms with E-state index in [-0.39, 0.29) is 0 Å². The highest BCUT2D eigenvalue weighted by Crippen LogP contribution is 2.11. The Balaban J connectivity index is 1.84. The first kappa shape index (κ1) is 17.0. The molecule has 1 amide bonds. The molecule has 122 valence electrons. The average Bonchev–Trinajstić information content (AvgIpc) is 2.60. The van der Waals surface area contributed by atoms with Crippen LogP contribution in [-0.2, 0) is 17.8 Å². The van der Waals surface area contributed by atoms with Crippen molar-refractivity contribution in [1.29, 1.82) is 0 Å². The third kappa shape index (κ3) is 5.09. The van der Waals surface area contributed by atoms with Crippen molar-refractivity contribution < 1.29 is 14.6 Å². The molecule has 0 unspecified atom stereocenters. The molecule has 0 aliphatic heterocycles. The van der Waals surface area contributed by atoms with Crippen LogP contribution in [0.3, 0.4) is 0 Å². The van der Waals surface area contributed by atoms with E-state index in [1.165, 1.54) is 0 Å². The highest BCUT2D eigenvalue weighted by atomic mass is 16.5. The number of benzene rings is 2. The van der Waals surface area contributed by atoms with Crippen molar-refractivity contribution in [1.82, 2.24) is 5.32 Å². The van der Waals surface area contributed by atoms with E-state index in [0.717, 1.165) is 16.9 Å². The number of rotatable bonds is 7. The van der Waals surface area contributed by atoms with Crippen molar-refractivity contribution >= 4 is 5.91 Å². The fourth-order valence-corrected chi connectivity index (χ4v) is 2.23. The highest BCUT2D eigenvalue weighted by Gasteiger charge is 2.22. The summed E-state index contributed by atoms with van der Waals surface area (Å²) in [5.74, 6) is 0.286. The van der Waals surface area contributed by atoms with Crippen molar-refractivity contribution in [2.24, 2.45) is 5.73 Å². The summed E-state index contributed by atoms with van der Waals surface area (Å²) in [5.41, 5.74) is 7.84. The molecule has 0 spiro atoms. The van der Waals surface area contributed by atoms with Gasteiger partial charge in [-0.1, -0.05) is 42.5 Å². The number of carbonyl (C=O) groups excluding carboxylic acids is 1. The number of methoxy groups -OCH3 is 1. The molecule has 4 N–H and O–H groups in total. The third-order valence-corrected chi connectivity index (χ3v) is 3.61. The Morgan fingerprint density at radius 1 is 1.13 bits per heavy atom. The molecule has 0 fully saturated rings. The van der Waals surface area contributed by atoms with Gasteiger partial charge in [-0.05, 0) is 29.7 Å². The van der Waals surface area contributed by atoms with Crippen LogP contribution >= 0.6 is 0 Å². The van der Waals surface area contributed by atoms with Gasteiger partial charge in [0.05, 0.1) is 7.11 Å². The molecule has 2 rings (SSSR count). The molecule has 2 atom stereocenters. The Labute approximate surface area is 136 Å². The lowest BCUT2D eigenvalue weighted by Gasteiger charge is -2.18. The Bertz CT molecular complexity index is 614. The number of ether oxygens (including phenoxy) is 1. The van der Waals surface area contributed by atoms with Gasteiger partial charge in [-0.3, -0.25) is 4.79 Å². The van der Waals surface area contributed by atoms with Crippen LogP contribution < -0.4 is 15.8 Å². The zero-order chi connectivity index (χ0) is 16.7. The van der Waals surface area contributed by atoms with Crippen LogP contribution in [0.4, 0.5) is 0 Å². The van der Waals surface area contributed by atoms with Gasteiger partial charge in [-0.15, -0.1) is 0 Å². The van der Waals surface area contributed by atoms with E-state index >= 15 is 0 Å². The molecule has 0 saturated heterocycles. The molecule has 2 aromatic carbocycles. The van der Waals surface area contributed by atoms with Gasteiger partial charge >= 0.3 is 0 Å². The minimum Gasteiger partial charge on any atom is -0.497 e. The topological polar surface area (TPSA) is 84.6 Å². The third-order valence-electron chi connectivity index (χ3n) is 3.61. The number of nitrogens with one attached hydrogen (secondary N) is 1. The predicted octanol–water partition coefficient (Wildman–Crippen LogP) is 1.24. The normalized spacial score (nSPS) is 13.2. The quantitative estimate of drug-likeness (QED) is 0.718. The van der Waals surface area contributed by atoms with Crippen LogP contribution in [0.1, 0.15) is 11.1 Å². The Hall–Kier alpha value is -2.37. The van der Waals surface area contributed by atoms with Crippen LogP contribution in [0.25, 0.3) is 0 Å². The largest absolute Gasteiger partial charge is 0.497 e. The SMILES string of the molecule is COc1ccc(CNC(=O)[C@H](O)[C@@H](N)Cc2ccccc2)cc1. The summed E-state index contributed by atoms with van der Waals surface area (Å²) < 4.78 is 5.08. The second-order valence-corrected chi connectivity index (χ2v) is 5.36. The maximum Gasteiger partial charge on any atom is 0.250 e. The van der Waals surface area contributed by atoms with Crippen LogP contribution in [0.2, 0.25) is 0 Å². The van der Waals surface area contributed by atoms with Crippen LogP contribution in [0, 0.1) is 0 Å². The molecule has 0 saturated carbocycles. The first-order valence-electron chi connectivity index (χ1n) is 7.48. The van der Waals surface area contributed by atoms with E-state index in [1.807, 2.05) is 54.6 Å². The second-order valence-electron chi connectivity index (χ2n) is 5.36. The van der Waals surface area contributed by atoms with E-state index in [2.05, 4.69) is 5.32 Å². The first-order valence-corrected chi connectivity index (χ1v) is 7.48. The molecule has 0 aromatic heterocycles. The van der Waals surface area contributed by atoms with Crippen molar-refractivity contribution in [3.63, 3.8) is 0 Å². The molecule has 0 heterocycles. The molecule has 2 aromatic rings. The molecule has 5 nitrogen and oxygen atoms in total. The van der Waals surface area contributed by atoms with Crippen LogP contribution in [0.5, 0.6) is 5.75 Å². The Morgan fingerprint density at radius 2 is 1.78 bits per heavy atom. The van der Waals surface area contributed by atoms with Crippen molar-refractivity contribution in [3.8, 4) is 5.75 Å². The fraction of sp³-hybridized carbons (Fsp3) is 0.278. The lowest BCUT2D eigenvalue weighted by molar-refractivity contribution is -0.130. The van der Waals surface area contributed by atoms with Crippen molar-refractivity contribution in [2.45, 2.75) is 25.1 Å². The summed E-state index contributed by atoms with van der Waals surface area (Å²) in [5, 5.41) is 12.7. The highest BCUT2D eigenvalue weighted by molar-refractivity contribution is 5.81. The molecular formula is C18H22N2O3. The summed E-state index contributed by atoms with van der Waals surface area (Å²) in [6, 6.07) is 16.3. The van der Waals surface area contributed by atoms with Gasteiger partial charge in [0.15, 0.2) is 0 Å². The summed E-state index contributed by atoms with van der Waals surface area (Å²) in [7, 11) is 1.60. The smallest absolute Gasteiger partial charge is 0.250 e. The monoisotopic (exact) mass is 314 g/mol. The van der Waals surface area contributed by atoms with Gasteiger partial charge in [0.25, 0.3) is 5.91 Å². The Morgan fingerprint density at radius 3 is 2.39 bits per heavy atom. The Kier molecular flexibility index (Phi) is 6.14. The molecule has 0 bridgehead atoms. The lowest BCUT2D eigenvalue weighted by Crippen LogP contribution is -2.47. The van der Waals surface area contributed by atoms with E-state index in [1.54, 1.807) is 7.11 Å². The zero-order valence-corrected chi connectivity index (χ0v) is 13.1. The minimum absolute atomic E-state index is 0.331. The maximum atomic E-state index is 12.0. The first-order chi connectivity index (χ1) is 11.1. The number of amides is 1. The van der Waals surface area contributed by atoms with Crippen molar-refractivity contribution in [2.75, 3.05) is 7.11 Å². The zero-order valence-electron chi connectivity index (χ0n) is 13.1. The second kappa shape index (κ2) is 8.31. The van der Waals surface area contributed by atoms with E-state index in [4.69, 9.17) is 10.5 Å². The molecule has 5 heteroatoms. The standard InChI is InChI=1S/C18H22N2O3/c1-23-15-9-7-14(8-10-15)12-20-18(22)17(21)16(19)11-13-5-3-2-4-6-13/h2-10,16-17,21H,11-12,19H2,1H3,(H,20,22)/t16-,17+/m0/s1. The summed E-state index contributed by atoms with van der Waals surface area (Å²) >= 11 is 0. The number of hydrogen-bond acceptors (Lipinski definition) is 4. The van der Waals surface area contributed by atoms with Crippen LogP contribution in [0.15, 0.2) is 54.6 Å². The fourth-order valence-electron chi connectivity index (χ4n) is 2.23. The van der Waals surface area contributed by atoms with E-state index < -0.39 is 18.1 Å². The summed E-state index contributed by atoms with van der Waals surface area (Å²) in [4.78, 5) is 12.0. The summed E-state index contributed by atoms with van der Waals surface area (Å²) in [6.07, 6.45) is -0.800. The van der Waals surface area contributed by atoms with E-state index in [9.17, 15) is 9.90 Å². The number of hydrogen-bond donors (Lipinski definition) is 3. The van der Waals surface area contributed by atoms with Gasteiger partial charge in [0.2, 0.25) is 0 Å². The molecule has 0 radical (unpaired) electrons. The number of carbonyl (C=O) groups is 1. The molecular weight excluding hydrogens is 292 g/mol. The maximum absolute atomic E-state index is 12.0. The number of nitrogens with two attached hydrogens (primary N) is 1. The number of aliphatic hydroxyl groups excluding tert-OH is 1. The average molecular weight is 314 g/mol. The summed E-state index contributed by atoms with van der Waals surface area (Å²) in [6.45, 7) is 0.331. The molecule has 23 heavy (non-hydrogen) atoms. The minimum atomic E-state index is -1.24. The van der Waals surface area contributed by atoms with Gasteiger partial charge in [0, 0.05) is 12.6 Å². The lowest BCUT2D eigenvalue weighted by atomic mass is 10.0. The molecule has 0 aliphatic carbocycles. The number of aliphatic hydroxyl groups is 1. The van der Waals surface area contributed by atoms with E-state index in [0.29, 0.717) is 13.0 Å².